The Morgan fingerprint density at radius 2 is 1.67 bits per heavy atom. The number of amides is 1. The van der Waals surface area contributed by atoms with E-state index in [1.165, 1.54) is 43.3 Å². The number of carbonyl (C=O) groups is 1. The summed E-state index contributed by atoms with van der Waals surface area (Å²) in [6.07, 6.45) is -3.77. The van der Waals surface area contributed by atoms with Crippen LogP contribution in [0, 0.1) is 0 Å². The van der Waals surface area contributed by atoms with Gasteiger partial charge in [0, 0.05) is 5.02 Å². The van der Waals surface area contributed by atoms with Crippen LogP contribution in [0.1, 0.15) is 12.5 Å². The van der Waals surface area contributed by atoms with Crippen molar-refractivity contribution in [2.45, 2.75) is 19.1 Å². The van der Waals surface area contributed by atoms with Gasteiger partial charge in [-0.25, -0.2) is 8.42 Å². The number of anilines is 2. The molecule has 0 aliphatic carbocycles. The summed E-state index contributed by atoms with van der Waals surface area (Å²) in [6.45, 7) is 1.28. The number of sulfonamides is 1. The van der Waals surface area contributed by atoms with Crippen LogP contribution in [-0.4, -0.2) is 26.6 Å². The van der Waals surface area contributed by atoms with Gasteiger partial charge in [0.15, 0.2) is 0 Å². The molecule has 0 aromatic heterocycles. The smallest absolute Gasteiger partial charge is 0.324 e. The van der Waals surface area contributed by atoms with Crippen LogP contribution in [0.5, 0.6) is 0 Å². The third kappa shape index (κ3) is 5.14. The number of rotatable bonds is 5. The van der Waals surface area contributed by atoms with Gasteiger partial charge in [-0.15, -0.1) is 0 Å². The van der Waals surface area contributed by atoms with Crippen molar-refractivity contribution in [1.29, 1.82) is 0 Å². The van der Waals surface area contributed by atoms with Gasteiger partial charge < -0.3 is 5.32 Å². The van der Waals surface area contributed by atoms with Crippen molar-refractivity contribution in [2.24, 2.45) is 0 Å². The average Bonchev–Trinajstić information content (AvgIpc) is 2.55. The molecule has 2 aromatic rings. The lowest BCUT2D eigenvalue weighted by Crippen LogP contribution is -2.45. The summed E-state index contributed by atoms with van der Waals surface area (Å²) < 4.78 is 64.4. The quantitative estimate of drug-likeness (QED) is 0.790. The third-order valence-corrected chi connectivity index (χ3v) is 5.15. The summed E-state index contributed by atoms with van der Waals surface area (Å²) in [5, 5.41) is 2.52. The Morgan fingerprint density at radius 1 is 1.11 bits per heavy atom. The monoisotopic (exact) mass is 420 g/mol. The SMILES string of the molecule is C[C@@H](C(=O)Nc1ccccc1C(F)(F)F)N(c1ccc(Cl)cc1)S(C)(=O)=O. The number of hydrogen-bond donors (Lipinski definition) is 1. The molecule has 146 valence electrons. The fourth-order valence-corrected chi connectivity index (χ4v) is 3.77. The fraction of sp³-hybridized carbons (Fsp3) is 0.235. The molecule has 1 amide bonds. The Labute approximate surface area is 159 Å². The minimum atomic E-state index is -4.67. The Hall–Kier alpha value is -2.26. The molecule has 2 rings (SSSR count). The zero-order chi connectivity index (χ0) is 20.4. The van der Waals surface area contributed by atoms with E-state index < -0.39 is 39.4 Å². The Morgan fingerprint density at radius 3 is 2.19 bits per heavy atom. The van der Waals surface area contributed by atoms with Crippen LogP contribution in [0.4, 0.5) is 24.5 Å². The first kappa shape index (κ1) is 21.0. The average molecular weight is 421 g/mol. The minimum Gasteiger partial charge on any atom is -0.324 e. The molecule has 1 N–H and O–H groups in total. The maximum absolute atomic E-state index is 13.1. The molecule has 0 saturated heterocycles. The molecule has 0 radical (unpaired) electrons. The lowest BCUT2D eigenvalue weighted by Gasteiger charge is -2.28. The summed E-state index contributed by atoms with van der Waals surface area (Å²) in [4.78, 5) is 12.5. The molecule has 0 fully saturated rings. The van der Waals surface area contributed by atoms with Crippen molar-refractivity contribution in [3.8, 4) is 0 Å². The molecule has 27 heavy (non-hydrogen) atoms. The maximum Gasteiger partial charge on any atom is 0.418 e. The molecular formula is C17H16ClF3N2O3S. The molecular weight excluding hydrogens is 405 g/mol. The van der Waals surface area contributed by atoms with Gasteiger partial charge in [-0.1, -0.05) is 23.7 Å². The van der Waals surface area contributed by atoms with E-state index in [1.807, 2.05) is 0 Å². The second-order valence-electron chi connectivity index (χ2n) is 5.74. The van der Waals surface area contributed by atoms with Crippen LogP contribution >= 0.6 is 11.6 Å². The molecule has 0 unspecified atom stereocenters. The molecule has 5 nitrogen and oxygen atoms in total. The summed E-state index contributed by atoms with van der Waals surface area (Å²) in [5.74, 6) is -0.910. The van der Waals surface area contributed by atoms with Gasteiger partial charge in [0.05, 0.1) is 23.2 Å². The van der Waals surface area contributed by atoms with Crippen molar-refractivity contribution in [2.75, 3.05) is 15.9 Å². The van der Waals surface area contributed by atoms with E-state index in [4.69, 9.17) is 11.6 Å². The van der Waals surface area contributed by atoms with E-state index in [1.54, 1.807) is 0 Å². The number of nitrogens with one attached hydrogen (secondary N) is 1. The lowest BCUT2D eigenvalue weighted by atomic mass is 10.1. The molecule has 1 atom stereocenters. The Kier molecular flexibility index (Phi) is 6.06. The zero-order valence-corrected chi connectivity index (χ0v) is 15.9. The normalized spacial score (nSPS) is 13.1. The Bertz CT molecular complexity index is 931. The molecule has 0 bridgehead atoms. The summed E-state index contributed by atoms with van der Waals surface area (Å²) >= 11 is 5.79. The molecule has 0 spiro atoms. The number of hydrogen-bond acceptors (Lipinski definition) is 3. The number of nitrogens with zero attached hydrogens (tertiary/aromatic N) is 1. The van der Waals surface area contributed by atoms with Gasteiger partial charge in [-0.3, -0.25) is 9.10 Å². The van der Waals surface area contributed by atoms with Crippen molar-refractivity contribution < 1.29 is 26.4 Å². The fourth-order valence-electron chi connectivity index (χ4n) is 2.47. The first-order valence-electron chi connectivity index (χ1n) is 7.63. The van der Waals surface area contributed by atoms with Crippen molar-refractivity contribution >= 4 is 38.9 Å². The van der Waals surface area contributed by atoms with Gasteiger partial charge in [-0.2, -0.15) is 13.2 Å². The lowest BCUT2D eigenvalue weighted by molar-refractivity contribution is -0.137. The van der Waals surface area contributed by atoms with E-state index in [-0.39, 0.29) is 5.69 Å². The molecule has 0 aliphatic rings. The Balaban J connectivity index is 2.36. The number of alkyl halides is 3. The zero-order valence-electron chi connectivity index (χ0n) is 14.3. The number of para-hydroxylation sites is 1. The standard InChI is InChI=1S/C17H16ClF3N2O3S/c1-11(23(27(2,25)26)13-9-7-12(18)8-10-13)16(24)22-15-6-4-3-5-14(15)17(19,20)21/h3-11H,1-2H3,(H,22,24)/t11-/m0/s1. The molecule has 0 saturated carbocycles. The summed E-state index contributed by atoms with van der Waals surface area (Å²) in [6, 6.07) is 8.84. The van der Waals surface area contributed by atoms with Crippen LogP contribution in [0.2, 0.25) is 5.02 Å². The van der Waals surface area contributed by atoms with E-state index in [2.05, 4.69) is 5.32 Å². The molecule has 0 aliphatic heterocycles. The maximum atomic E-state index is 13.1. The summed E-state index contributed by atoms with van der Waals surface area (Å²) in [7, 11) is -3.90. The third-order valence-electron chi connectivity index (χ3n) is 3.66. The summed E-state index contributed by atoms with van der Waals surface area (Å²) in [5.41, 5.74) is -1.32. The second-order valence-corrected chi connectivity index (χ2v) is 8.04. The van der Waals surface area contributed by atoms with Crippen LogP contribution in [-0.2, 0) is 21.0 Å². The second kappa shape index (κ2) is 7.77. The van der Waals surface area contributed by atoms with E-state index in [9.17, 15) is 26.4 Å². The molecule has 0 heterocycles. The highest BCUT2D eigenvalue weighted by Gasteiger charge is 2.35. The topological polar surface area (TPSA) is 66.5 Å². The number of benzene rings is 2. The highest BCUT2D eigenvalue weighted by molar-refractivity contribution is 7.92. The predicted molar refractivity (Wildman–Crippen MR) is 98.3 cm³/mol. The van der Waals surface area contributed by atoms with Crippen molar-refractivity contribution in [3.05, 3.63) is 59.1 Å². The van der Waals surface area contributed by atoms with Gasteiger partial charge in [0.2, 0.25) is 15.9 Å². The minimum absolute atomic E-state index is 0.161. The van der Waals surface area contributed by atoms with Crippen molar-refractivity contribution in [3.63, 3.8) is 0 Å². The molecule has 10 heteroatoms. The van der Waals surface area contributed by atoms with Crippen LogP contribution in [0.3, 0.4) is 0 Å². The molecule has 2 aromatic carbocycles. The van der Waals surface area contributed by atoms with Gasteiger partial charge >= 0.3 is 6.18 Å². The largest absolute Gasteiger partial charge is 0.418 e. The van der Waals surface area contributed by atoms with Gasteiger partial charge in [0.25, 0.3) is 0 Å². The first-order chi connectivity index (χ1) is 12.4. The van der Waals surface area contributed by atoms with E-state index >= 15 is 0 Å². The van der Waals surface area contributed by atoms with Gasteiger partial charge in [0.1, 0.15) is 6.04 Å². The van der Waals surface area contributed by atoms with E-state index in [0.717, 1.165) is 22.7 Å². The predicted octanol–water partition coefficient (Wildman–Crippen LogP) is 4.15. The van der Waals surface area contributed by atoms with Crippen LogP contribution in [0.25, 0.3) is 0 Å². The van der Waals surface area contributed by atoms with Crippen molar-refractivity contribution in [1.82, 2.24) is 0 Å². The first-order valence-corrected chi connectivity index (χ1v) is 9.86. The highest BCUT2D eigenvalue weighted by Crippen LogP contribution is 2.34. The number of carbonyl (C=O) groups excluding carboxylic acids is 1. The van der Waals surface area contributed by atoms with Crippen LogP contribution < -0.4 is 9.62 Å². The van der Waals surface area contributed by atoms with E-state index in [0.29, 0.717) is 5.02 Å². The van der Waals surface area contributed by atoms with Gasteiger partial charge in [-0.05, 0) is 43.3 Å². The highest BCUT2D eigenvalue weighted by atomic mass is 35.5. The van der Waals surface area contributed by atoms with Crippen LogP contribution in [0.15, 0.2) is 48.5 Å². The number of halogens is 4.